The topological polar surface area (TPSA) is 47.6 Å². The van der Waals surface area contributed by atoms with E-state index >= 15 is 0 Å². The number of carbonyl (C=O) groups is 1. The first-order valence-corrected chi connectivity index (χ1v) is 9.09. The number of carbonyl (C=O) groups excluding carboxylic acids is 1. The fourth-order valence-electron chi connectivity index (χ4n) is 2.00. The molecule has 122 valence electrons. The van der Waals surface area contributed by atoms with Crippen molar-refractivity contribution in [3.8, 4) is 11.5 Å². The molecule has 0 bridgehead atoms. The molecule has 1 N–H and O–H groups in total. The summed E-state index contributed by atoms with van der Waals surface area (Å²) in [6.45, 7) is 4.81. The first kappa shape index (κ1) is 18.1. The van der Waals surface area contributed by atoms with Crippen LogP contribution in [0, 0.1) is 3.57 Å². The number of nitrogens with one attached hydrogen (secondary N) is 1. The van der Waals surface area contributed by atoms with Crippen LogP contribution in [0.4, 0.5) is 5.69 Å². The Morgan fingerprint density at radius 3 is 2.52 bits per heavy atom. The standard InChI is InChI=1S/C17H17BrINO3/c1-3-22-15-10-11(9-12(18)16(15)23-4-2)17(21)20-14-8-6-5-7-13(14)19/h5-10H,3-4H2,1-2H3,(H,20,21). The predicted molar refractivity (Wildman–Crippen MR) is 104 cm³/mol. The minimum absolute atomic E-state index is 0.196. The Bertz CT molecular complexity index is 706. The molecule has 2 aromatic carbocycles. The minimum atomic E-state index is -0.196. The average molecular weight is 490 g/mol. The Morgan fingerprint density at radius 2 is 1.87 bits per heavy atom. The highest BCUT2D eigenvalue weighted by Crippen LogP contribution is 2.37. The molecule has 0 aliphatic rings. The molecule has 1 amide bonds. The first-order valence-electron chi connectivity index (χ1n) is 7.21. The van der Waals surface area contributed by atoms with Crippen molar-refractivity contribution >= 4 is 50.1 Å². The largest absolute Gasteiger partial charge is 0.490 e. The van der Waals surface area contributed by atoms with Gasteiger partial charge in [-0.25, -0.2) is 0 Å². The van der Waals surface area contributed by atoms with E-state index in [1.54, 1.807) is 12.1 Å². The second kappa shape index (κ2) is 8.54. The molecule has 6 heteroatoms. The summed E-state index contributed by atoms with van der Waals surface area (Å²) >= 11 is 5.64. The van der Waals surface area contributed by atoms with Crippen molar-refractivity contribution in [1.29, 1.82) is 0 Å². The van der Waals surface area contributed by atoms with Crippen LogP contribution in [0.3, 0.4) is 0 Å². The van der Waals surface area contributed by atoms with Gasteiger partial charge in [-0.3, -0.25) is 4.79 Å². The Kier molecular flexibility index (Phi) is 6.71. The van der Waals surface area contributed by atoms with Gasteiger partial charge in [0.25, 0.3) is 5.91 Å². The minimum Gasteiger partial charge on any atom is -0.490 e. The molecule has 0 aliphatic heterocycles. The number of para-hydroxylation sites is 1. The SMILES string of the molecule is CCOc1cc(C(=O)Nc2ccccc2I)cc(Br)c1OCC. The quantitative estimate of drug-likeness (QED) is 0.574. The van der Waals surface area contributed by atoms with E-state index in [0.29, 0.717) is 34.7 Å². The zero-order valence-electron chi connectivity index (χ0n) is 12.9. The van der Waals surface area contributed by atoms with Gasteiger partial charge in [0, 0.05) is 9.13 Å². The lowest BCUT2D eigenvalue weighted by Gasteiger charge is -2.15. The van der Waals surface area contributed by atoms with Crippen LogP contribution >= 0.6 is 38.5 Å². The molecule has 0 atom stereocenters. The lowest BCUT2D eigenvalue weighted by molar-refractivity contribution is 0.102. The van der Waals surface area contributed by atoms with Crippen molar-refractivity contribution in [3.05, 3.63) is 50.0 Å². The highest BCUT2D eigenvalue weighted by atomic mass is 127. The molecule has 0 aliphatic carbocycles. The van der Waals surface area contributed by atoms with Crippen LogP contribution in [0.1, 0.15) is 24.2 Å². The van der Waals surface area contributed by atoms with Gasteiger partial charge in [-0.1, -0.05) is 12.1 Å². The molecule has 0 aromatic heterocycles. The van der Waals surface area contributed by atoms with Gasteiger partial charge in [0.05, 0.1) is 23.4 Å². The number of hydrogen-bond acceptors (Lipinski definition) is 3. The van der Waals surface area contributed by atoms with Gasteiger partial charge in [-0.05, 0) is 76.6 Å². The van der Waals surface area contributed by atoms with Crippen molar-refractivity contribution in [2.75, 3.05) is 18.5 Å². The van der Waals surface area contributed by atoms with E-state index in [4.69, 9.17) is 9.47 Å². The summed E-state index contributed by atoms with van der Waals surface area (Å²) < 4.78 is 12.9. The van der Waals surface area contributed by atoms with E-state index in [2.05, 4.69) is 43.8 Å². The van der Waals surface area contributed by atoms with Gasteiger partial charge in [0.1, 0.15) is 0 Å². The molecule has 4 nitrogen and oxygen atoms in total. The van der Waals surface area contributed by atoms with Crippen molar-refractivity contribution < 1.29 is 14.3 Å². The van der Waals surface area contributed by atoms with E-state index in [1.807, 2.05) is 38.1 Å². The number of rotatable bonds is 6. The van der Waals surface area contributed by atoms with Crippen LogP contribution in [0.15, 0.2) is 40.9 Å². The molecule has 0 spiro atoms. The zero-order chi connectivity index (χ0) is 16.8. The van der Waals surface area contributed by atoms with Crippen molar-refractivity contribution in [1.82, 2.24) is 0 Å². The zero-order valence-corrected chi connectivity index (χ0v) is 16.6. The summed E-state index contributed by atoms with van der Waals surface area (Å²) in [6, 6.07) is 11.1. The average Bonchev–Trinajstić information content (AvgIpc) is 2.53. The van der Waals surface area contributed by atoms with E-state index in [-0.39, 0.29) is 5.91 Å². The highest BCUT2D eigenvalue weighted by Gasteiger charge is 2.16. The van der Waals surface area contributed by atoms with Gasteiger partial charge in [-0.15, -0.1) is 0 Å². The smallest absolute Gasteiger partial charge is 0.255 e. The molecule has 2 rings (SSSR count). The fourth-order valence-corrected chi connectivity index (χ4v) is 3.08. The maximum atomic E-state index is 12.5. The second-order valence-electron chi connectivity index (χ2n) is 4.59. The van der Waals surface area contributed by atoms with Gasteiger partial charge < -0.3 is 14.8 Å². The number of anilines is 1. The van der Waals surface area contributed by atoms with Crippen LogP contribution in [0.2, 0.25) is 0 Å². The van der Waals surface area contributed by atoms with E-state index in [1.165, 1.54) is 0 Å². The monoisotopic (exact) mass is 489 g/mol. The fraction of sp³-hybridized carbons (Fsp3) is 0.235. The van der Waals surface area contributed by atoms with Gasteiger partial charge >= 0.3 is 0 Å². The predicted octanol–water partition coefficient (Wildman–Crippen LogP) is 5.10. The highest BCUT2D eigenvalue weighted by molar-refractivity contribution is 14.1. The Hall–Kier alpha value is -1.28. The Labute approximate surface area is 157 Å². The van der Waals surface area contributed by atoms with Gasteiger partial charge in [0.2, 0.25) is 0 Å². The van der Waals surface area contributed by atoms with Crippen molar-refractivity contribution in [2.24, 2.45) is 0 Å². The normalized spacial score (nSPS) is 10.3. The van der Waals surface area contributed by atoms with Gasteiger partial charge in [-0.2, -0.15) is 0 Å². The molecule has 0 heterocycles. The molecule has 0 unspecified atom stereocenters. The third kappa shape index (κ3) is 4.60. The summed E-state index contributed by atoms with van der Waals surface area (Å²) in [7, 11) is 0. The number of hydrogen-bond donors (Lipinski definition) is 1. The molecule has 2 aromatic rings. The third-order valence-electron chi connectivity index (χ3n) is 2.98. The molecule has 0 saturated carbocycles. The van der Waals surface area contributed by atoms with Crippen LogP contribution < -0.4 is 14.8 Å². The third-order valence-corrected chi connectivity index (χ3v) is 4.51. The first-order chi connectivity index (χ1) is 11.1. The number of halogens is 2. The molecule has 0 saturated heterocycles. The van der Waals surface area contributed by atoms with Crippen molar-refractivity contribution in [3.63, 3.8) is 0 Å². The van der Waals surface area contributed by atoms with Crippen LogP contribution in [-0.4, -0.2) is 19.1 Å². The summed E-state index contributed by atoms with van der Waals surface area (Å²) in [5.41, 5.74) is 1.28. The molecular weight excluding hydrogens is 473 g/mol. The van der Waals surface area contributed by atoms with Crippen molar-refractivity contribution in [2.45, 2.75) is 13.8 Å². The number of amides is 1. The molecular formula is C17H17BrINO3. The molecule has 0 radical (unpaired) electrons. The molecule has 0 fully saturated rings. The van der Waals surface area contributed by atoms with E-state index in [9.17, 15) is 4.79 Å². The lowest BCUT2D eigenvalue weighted by atomic mass is 10.1. The van der Waals surface area contributed by atoms with E-state index < -0.39 is 0 Å². The maximum Gasteiger partial charge on any atom is 0.255 e. The number of benzene rings is 2. The summed E-state index contributed by atoms with van der Waals surface area (Å²) in [6.07, 6.45) is 0. The van der Waals surface area contributed by atoms with Crippen LogP contribution in [-0.2, 0) is 0 Å². The van der Waals surface area contributed by atoms with Crippen LogP contribution in [0.25, 0.3) is 0 Å². The van der Waals surface area contributed by atoms with Gasteiger partial charge in [0.15, 0.2) is 11.5 Å². The summed E-state index contributed by atoms with van der Waals surface area (Å²) in [5.74, 6) is 0.968. The second-order valence-corrected chi connectivity index (χ2v) is 6.60. The summed E-state index contributed by atoms with van der Waals surface area (Å²) in [4.78, 5) is 12.5. The summed E-state index contributed by atoms with van der Waals surface area (Å²) in [5, 5.41) is 2.91. The van der Waals surface area contributed by atoms with Crippen LogP contribution in [0.5, 0.6) is 11.5 Å². The lowest BCUT2D eigenvalue weighted by Crippen LogP contribution is -2.13. The molecule has 23 heavy (non-hydrogen) atoms. The maximum absolute atomic E-state index is 12.5. The Balaban J connectivity index is 2.31. The number of ether oxygens (including phenoxy) is 2. The Morgan fingerprint density at radius 1 is 1.17 bits per heavy atom. The van der Waals surface area contributed by atoms with E-state index in [0.717, 1.165) is 9.26 Å².